The van der Waals surface area contributed by atoms with Crippen LogP contribution in [0.2, 0.25) is 0 Å². The monoisotopic (exact) mass is 234 g/mol. The van der Waals surface area contributed by atoms with Gasteiger partial charge in [0.25, 0.3) is 0 Å². The van der Waals surface area contributed by atoms with E-state index in [1.54, 1.807) is 17.3 Å². The van der Waals surface area contributed by atoms with Gasteiger partial charge in [0, 0.05) is 13.5 Å². The van der Waals surface area contributed by atoms with Crippen LogP contribution >= 0.6 is 0 Å². The van der Waals surface area contributed by atoms with E-state index in [9.17, 15) is 0 Å². The van der Waals surface area contributed by atoms with Crippen molar-refractivity contribution in [3.63, 3.8) is 0 Å². The summed E-state index contributed by atoms with van der Waals surface area (Å²) < 4.78 is 7.26. The molecule has 1 unspecified atom stereocenters. The van der Waals surface area contributed by atoms with Gasteiger partial charge in [-0.15, -0.1) is 0 Å². The minimum absolute atomic E-state index is 0.160. The Morgan fingerprint density at radius 1 is 1.53 bits per heavy atom. The lowest BCUT2D eigenvalue weighted by atomic mass is 10.1. The van der Waals surface area contributed by atoms with Gasteiger partial charge in [-0.1, -0.05) is 6.92 Å². The first-order valence-electron chi connectivity index (χ1n) is 5.91. The van der Waals surface area contributed by atoms with Gasteiger partial charge in [0.2, 0.25) is 0 Å². The standard InChI is InChI=1S/C12H18N4O/c1-3-6-13-10(11-5-4-7-17-11)8-12-14-9-15-16(12)2/h4-5,7,9-10,13H,3,6,8H2,1-2H3. The molecule has 0 saturated heterocycles. The molecular weight excluding hydrogens is 216 g/mol. The quantitative estimate of drug-likeness (QED) is 0.826. The van der Waals surface area contributed by atoms with Gasteiger partial charge in [-0.05, 0) is 25.1 Å². The van der Waals surface area contributed by atoms with E-state index in [2.05, 4.69) is 22.3 Å². The third-order valence-electron chi connectivity index (χ3n) is 2.72. The van der Waals surface area contributed by atoms with Gasteiger partial charge < -0.3 is 9.73 Å². The predicted molar refractivity (Wildman–Crippen MR) is 64.4 cm³/mol. The molecule has 0 aliphatic rings. The molecule has 17 heavy (non-hydrogen) atoms. The van der Waals surface area contributed by atoms with Crippen molar-refractivity contribution in [2.24, 2.45) is 7.05 Å². The molecular formula is C12H18N4O. The topological polar surface area (TPSA) is 55.9 Å². The maximum atomic E-state index is 5.46. The van der Waals surface area contributed by atoms with Crippen LogP contribution in [0.25, 0.3) is 0 Å². The molecule has 0 amide bonds. The molecule has 5 nitrogen and oxygen atoms in total. The molecule has 0 radical (unpaired) electrons. The molecule has 5 heteroatoms. The summed E-state index contributed by atoms with van der Waals surface area (Å²) in [6, 6.07) is 4.06. The van der Waals surface area contributed by atoms with Crippen LogP contribution in [0, 0.1) is 0 Å². The van der Waals surface area contributed by atoms with E-state index in [1.165, 1.54) is 0 Å². The van der Waals surface area contributed by atoms with Crippen LogP contribution in [0.5, 0.6) is 0 Å². The van der Waals surface area contributed by atoms with Crippen LogP contribution in [0.15, 0.2) is 29.1 Å². The number of aryl methyl sites for hydroxylation is 1. The summed E-state index contributed by atoms with van der Waals surface area (Å²) in [6.07, 6.45) is 5.15. The van der Waals surface area contributed by atoms with E-state index in [0.29, 0.717) is 0 Å². The molecule has 2 aromatic heterocycles. The van der Waals surface area contributed by atoms with Crippen molar-refractivity contribution in [1.82, 2.24) is 20.1 Å². The summed E-state index contributed by atoms with van der Waals surface area (Å²) in [5, 5.41) is 7.54. The normalized spacial score (nSPS) is 12.8. The second-order valence-corrected chi connectivity index (χ2v) is 4.03. The SMILES string of the molecule is CCCNC(Cc1ncnn1C)c1ccco1. The van der Waals surface area contributed by atoms with Crippen molar-refractivity contribution in [3.8, 4) is 0 Å². The lowest BCUT2D eigenvalue weighted by molar-refractivity contribution is 0.402. The molecule has 0 aromatic carbocycles. The number of rotatable bonds is 6. The Hall–Kier alpha value is -1.62. The highest BCUT2D eigenvalue weighted by Crippen LogP contribution is 2.17. The van der Waals surface area contributed by atoms with Crippen LogP contribution in [-0.4, -0.2) is 21.3 Å². The fourth-order valence-electron chi connectivity index (χ4n) is 1.77. The average Bonchev–Trinajstić information content (AvgIpc) is 2.96. The van der Waals surface area contributed by atoms with Gasteiger partial charge in [0.05, 0.1) is 12.3 Å². The first kappa shape index (κ1) is 11.9. The van der Waals surface area contributed by atoms with Crippen LogP contribution in [0.3, 0.4) is 0 Å². The van der Waals surface area contributed by atoms with E-state index >= 15 is 0 Å². The fourth-order valence-corrected chi connectivity index (χ4v) is 1.77. The van der Waals surface area contributed by atoms with Crippen LogP contribution < -0.4 is 5.32 Å². The molecule has 2 aromatic rings. The highest BCUT2D eigenvalue weighted by Gasteiger charge is 2.16. The molecule has 0 saturated carbocycles. The Labute approximate surface area is 101 Å². The third-order valence-corrected chi connectivity index (χ3v) is 2.72. The smallest absolute Gasteiger partial charge is 0.138 e. The largest absolute Gasteiger partial charge is 0.468 e. The highest BCUT2D eigenvalue weighted by atomic mass is 16.3. The third kappa shape index (κ3) is 2.94. The summed E-state index contributed by atoms with van der Waals surface area (Å²) in [7, 11) is 1.90. The van der Waals surface area contributed by atoms with Gasteiger partial charge in [0.15, 0.2) is 0 Å². The predicted octanol–water partition coefficient (Wildman–Crippen LogP) is 1.69. The molecule has 0 aliphatic heterocycles. The van der Waals surface area contributed by atoms with E-state index < -0.39 is 0 Å². The molecule has 0 bridgehead atoms. The summed E-state index contributed by atoms with van der Waals surface area (Å²) in [6.45, 7) is 3.11. The Balaban J connectivity index is 2.08. The maximum Gasteiger partial charge on any atom is 0.138 e. The first-order chi connectivity index (χ1) is 8.31. The van der Waals surface area contributed by atoms with Crippen LogP contribution in [0.1, 0.15) is 31.0 Å². The average molecular weight is 234 g/mol. The highest BCUT2D eigenvalue weighted by molar-refractivity contribution is 5.07. The lowest BCUT2D eigenvalue weighted by Gasteiger charge is -2.15. The van der Waals surface area contributed by atoms with Crippen LogP contribution in [0.4, 0.5) is 0 Å². The van der Waals surface area contributed by atoms with E-state index in [4.69, 9.17) is 4.42 Å². The molecule has 2 heterocycles. The Bertz CT molecular complexity index is 435. The fraction of sp³-hybridized carbons (Fsp3) is 0.500. The molecule has 0 aliphatic carbocycles. The molecule has 92 valence electrons. The van der Waals surface area contributed by atoms with Gasteiger partial charge in [0.1, 0.15) is 17.9 Å². The summed E-state index contributed by atoms with van der Waals surface area (Å²) in [5.41, 5.74) is 0. The number of furan rings is 1. The Morgan fingerprint density at radius 3 is 3.00 bits per heavy atom. The zero-order valence-corrected chi connectivity index (χ0v) is 10.3. The Kier molecular flexibility index (Phi) is 3.93. The van der Waals surface area contributed by atoms with Crippen molar-refractivity contribution in [2.45, 2.75) is 25.8 Å². The number of nitrogens with one attached hydrogen (secondary N) is 1. The molecule has 1 atom stereocenters. The van der Waals surface area contributed by atoms with Crippen LogP contribution in [-0.2, 0) is 13.5 Å². The van der Waals surface area contributed by atoms with Crippen molar-refractivity contribution >= 4 is 0 Å². The molecule has 1 N–H and O–H groups in total. The number of aromatic nitrogens is 3. The number of hydrogen-bond acceptors (Lipinski definition) is 4. The zero-order chi connectivity index (χ0) is 12.1. The summed E-state index contributed by atoms with van der Waals surface area (Å²) in [4.78, 5) is 4.24. The van der Waals surface area contributed by atoms with E-state index in [0.717, 1.165) is 31.0 Å². The van der Waals surface area contributed by atoms with Gasteiger partial charge >= 0.3 is 0 Å². The summed E-state index contributed by atoms with van der Waals surface area (Å²) >= 11 is 0. The molecule has 0 fully saturated rings. The van der Waals surface area contributed by atoms with Gasteiger partial charge in [-0.3, -0.25) is 4.68 Å². The van der Waals surface area contributed by atoms with Crippen molar-refractivity contribution in [3.05, 3.63) is 36.3 Å². The molecule has 0 spiro atoms. The second-order valence-electron chi connectivity index (χ2n) is 4.03. The minimum atomic E-state index is 0.160. The Morgan fingerprint density at radius 2 is 2.41 bits per heavy atom. The first-order valence-corrected chi connectivity index (χ1v) is 5.91. The number of hydrogen-bond donors (Lipinski definition) is 1. The van der Waals surface area contributed by atoms with Crippen molar-refractivity contribution < 1.29 is 4.42 Å². The summed E-state index contributed by atoms with van der Waals surface area (Å²) in [5.74, 6) is 1.90. The van der Waals surface area contributed by atoms with Crippen molar-refractivity contribution in [1.29, 1.82) is 0 Å². The minimum Gasteiger partial charge on any atom is -0.468 e. The zero-order valence-electron chi connectivity index (χ0n) is 10.3. The number of nitrogens with zero attached hydrogens (tertiary/aromatic N) is 3. The van der Waals surface area contributed by atoms with Gasteiger partial charge in [-0.2, -0.15) is 5.10 Å². The van der Waals surface area contributed by atoms with Gasteiger partial charge in [-0.25, -0.2) is 4.98 Å². The lowest BCUT2D eigenvalue weighted by Crippen LogP contribution is -2.24. The van der Waals surface area contributed by atoms with E-state index in [-0.39, 0.29) is 6.04 Å². The van der Waals surface area contributed by atoms with E-state index in [1.807, 2.05) is 19.2 Å². The molecule has 2 rings (SSSR count). The van der Waals surface area contributed by atoms with Crippen molar-refractivity contribution in [2.75, 3.05) is 6.54 Å². The second kappa shape index (κ2) is 5.63. The maximum absolute atomic E-state index is 5.46.